The van der Waals surface area contributed by atoms with E-state index in [0.29, 0.717) is 5.41 Å². The predicted octanol–water partition coefficient (Wildman–Crippen LogP) is 2.04. The molecule has 0 aromatic carbocycles. The van der Waals surface area contributed by atoms with Gasteiger partial charge in [-0.05, 0) is 51.2 Å². The Hall–Kier alpha value is -0.610. The number of rotatable bonds is 6. The molecule has 19 heavy (non-hydrogen) atoms. The van der Waals surface area contributed by atoms with Gasteiger partial charge in [0, 0.05) is 6.54 Å². The average Bonchev–Trinajstić information content (AvgIpc) is 2.37. The Morgan fingerprint density at radius 3 is 2.42 bits per heavy atom. The molecule has 0 saturated carbocycles. The molecule has 4 heteroatoms. The summed E-state index contributed by atoms with van der Waals surface area (Å²) in [5.74, 6) is -0.160. The normalized spacial score (nSPS) is 22.8. The Labute approximate surface area is 117 Å². The summed E-state index contributed by atoms with van der Waals surface area (Å²) in [6, 6.07) is 0. The Bertz CT molecular complexity index is 295. The lowest BCUT2D eigenvalue weighted by Gasteiger charge is -2.38. The summed E-state index contributed by atoms with van der Waals surface area (Å²) in [6.07, 6.45) is 3.28. The van der Waals surface area contributed by atoms with Crippen LogP contribution in [0.2, 0.25) is 0 Å². The zero-order valence-electron chi connectivity index (χ0n) is 13.2. The average molecular weight is 270 g/mol. The molecule has 1 rings (SSSR count). The third-order valence-electron chi connectivity index (χ3n) is 4.34. The number of carbonyl (C=O) groups excluding carboxylic acids is 1. The van der Waals surface area contributed by atoms with Gasteiger partial charge >= 0.3 is 5.97 Å². The molecule has 1 saturated heterocycles. The van der Waals surface area contributed by atoms with E-state index in [-0.39, 0.29) is 5.97 Å². The molecule has 1 aliphatic rings. The molecule has 112 valence electrons. The van der Waals surface area contributed by atoms with E-state index < -0.39 is 5.54 Å². The number of likely N-dealkylation sites (N-methyl/N-ethyl adjacent to an activating group) is 1. The summed E-state index contributed by atoms with van der Waals surface area (Å²) in [6.45, 7) is 12.6. The van der Waals surface area contributed by atoms with E-state index in [2.05, 4.69) is 24.1 Å². The molecule has 1 heterocycles. The molecule has 4 nitrogen and oxygen atoms in total. The summed E-state index contributed by atoms with van der Waals surface area (Å²) in [7, 11) is 1.46. The van der Waals surface area contributed by atoms with Gasteiger partial charge in [0.05, 0.1) is 7.11 Å². The molecule has 1 unspecified atom stereocenters. The van der Waals surface area contributed by atoms with Crippen molar-refractivity contribution in [3.8, 4) is 0 Å². The maximum atomic E-state index is 11.9. The highest BCUT2D eigenvalue weighted by atomic mass is 16.5. The van der Waals surface area contributed by atoms with E-state index in [1.165, 1.54) is 20.0 Å². The maximum absolute atomic E-state index is 11.9. The lowest BCUT2D eigenvalue weighted by Crippen LogP contribution is -2.52. The SMILES string of the molecule is CCNC(C)(CCN1CCC(C)(C)CC1)C(=O)OC. The first-order valence-corrected chi connectivity index (χ1v) is 7.39. The Morgan fingerprint density at radius 2 is 1.95 bits per heavy atom. The predicted molar refractivity (Wildman–Crippen MR) is 78.2 cm³/mol. The lowest BCUT2D eigenvalue weighted by atomic mass is 9.82. The number of ether oxygens (including phenoxy) is 1. The fraction of sp³-hybridized carbons (Fsp3) is 0.933. The first kappa shape index (κ1) is 16.4. The third kappa shape index (κ3) is 4.77. The smallest absolute Gasteiger partial charge is 0.325 e. The highest BCUT2D eigenvalue weighted by Gasteiger charge is 2.34. The molecule has 0 aliphatic carbocycles. The minimum Gasteiger partial charge on any atom is -0.468 e. The van der Waals surface area contributed by atoms with Crippen LogP contribution in [0.1, 0.15) is 47.0 Å². The topological polar surface area (TPSA) is 41.6 Å². The molecule has 1 fully saturated rings. The first-order chi connectivity index (χ1) is 8.83. The molecule has 0 amide bonds. The second-order valence-electron chi connectivity index (χ2n) is 6.61. The molecular weight excluding hydrogens is 240 g/mol. The summed E-state index contributed by atoms with van der Waals surface area (Å²) >= 11 is 0. The molecule has 0 aromatic rings. The van der Waals surface area contributed by atoms with Crippen LogP contribution >= 0.6 is 0 Å². The van der Waals surface area contributed by atoms with Gasteiger partial charge < -0.3 is 15.0 Å². The quantitative estimate of drug-likeness (QED) is 0.750. The molecular formula is C15H30N2O2. The van der Waals surface area contributed by atoms with Gasteiger partial charge in [0.2, 0.25) is 0 Å². The number of carbonyl (C=O) groups is 1. The first-order valence-electron chi connectivity index (χ1n) is 7.39. The van der Waals surface area contributed by atoms with Crippen LogP contribution in [-0.2, 0) is 9.53 Å². The van der Waals surface area contributed by atoms with Crippen molar-refractivity contribution in [2.45, 2.75) is 52.5 Å². The van der Waals surface area contributed by atoms with Gasteiger partial charge in [0.15, 0.2) is 0 Å². The number of nitrogens with one attached hydrogen (secondary N) is 1. The van der Waals surface area contributed by atoms with Crippen LogP contribution in [0.15, 0.2) is 0 Å². The second kappa shape index (κ2) is 6.71. The van der Waals surface area contributed by atoms with E-state index in [4.69, 9.17) is 4.74 Å². The lowest BCUT2D eigenvalue weighted by molar-refractivity contribution is -0.148. The fourth-order valence-corrected chi connectivity index (χ4v) is 2.64. The van der Waals surface area contributed by atoms with Gasteiger partial charge in [-0.1, -0.05) is 20.8 Å². The van der Waals surface area contributed by atoms with Crippen LogP contribution < -0.4 is 5.32 Å². The van der Waals surface area contributed by atoms with Crippen molar-refractivity contribution < 1.29 is 9.53 Å². The van der Waals surface area contributed by atoms with Crippen molar-refractivity contribution in [1.82, 2.24) is 10.2 Å². The number of likely N-dealkylation sites (tertiary alicyclic amines) is 1. The van der Waals surface area contributed by atoms with Crippen molar-refractivity contribution in [3.63, 3.8) is 0 Å². The molecule has 1 aliphatic heterocycles. The number of hydrogen-bond acceptors (Lipinski definition) is 4. The van der Waals surface area contributed by atoms with Crippen molar-refractivity contribution in [2.24, 2.45) is 5.41 Å². The van der Waals surface area contributed by atoms with E-state index in [1.54, 1.807) is 0 Å². The highest BCUT2D eigenvalue weighted by Crippen LogP contribution is 2.30. The summed E-state index contributed by atoms with van der Waals surface area (Å²) < 4.78 is 4.92. The van der Waals surface area contributed by atoms with E-state index in [9.17, 15) is 4.79 Å². The summed E-state index contributed by atoms with van der Waals surface area (Å²) in [4.78, 5) is 14.4. The number of nitrogens with zero attached hydrogens (tertiary/aromatic N) is 1. The van der Waals surface area contributed by atoms with E-state index >= 15 is 0 Å². The monoisotopic (exact) mass is 270 g/mol. The van der Waals surface area contributed by atoms with Crippen LogP contribution in [0.3, 0.4) is 0 Å². The molecule has 0 bridgehead atoms. The molecule has 1 N–H and O–H groups in total. The van der Waals surface area contributed by atoms with Crippen molar-refractivity contribution in [1.29, 1.82) is 0 Å². The standard InChI is InChI=1S/C15H30N2O2/c1-6-16-15(4,13(18)19-5)9-12-17-10-7-14(2,3)8-11-17/h16H,6-12H2,1-5H3. The third-order valence-corrected chi connectivity index (χ3v) is 4.34. The molecule has 0 spiro atoms. The minimum atomic E-state index is -0.559. The Balaban J connectivity index is 2.47. The Kier molecular flexibility index (Phi) is 5.81. The van der Waals surface area contributed by atoms with Gasteiger partial charge in [-0.2, -0.15) is 0 Å². The van der Waals surface area contributed by atoms with Crippen LogP contribution in [0.25, 0.3) is 0 Å². The van der Waals surface area contributed by atoms with Gasteiger partial charge in [0.1, 0.15) is 5.54 Å². The van der Waals surface area contributed by atoms with Crippen molar-refractivity contribution in [3.05, 3.63) is 0 Å². The molecule has 1 atom stereocenters. The van der Waals surface area contributed by atoms with Crippen LogP contribution in [0.5, 0.6) is 0 Å². The number of piperidine rings is 1. The van der Waals surface area contributed by atoms with Crippen LogP contribution in [-0.4, -0.2) is 49.7 Å². The van der Waals surface area contributed by atoms with E-state index in [0.717, 1.165) is 32.6 Å². The number of methoxy groups -OCH3 is 1. The van der Waals surface area contributed by atoms with Crippen molar-refractivity contribution >= 4 is 5.97 Å². The highest BCUT2D eigenvalue weighted by molar-refractivity contribution is 5.80. The number of hydrogen-bond donors (Lipinski definition) is 1. The summed E-state index contributed by atoms with van der Waals surface area (Å²) in [5.41, 5.74) is -0.0830. The maximum Gasteiger partial charge on any atom is 0.325 e. The van der Waals surface area contributed by atoms with Gasteiger partial charge in [-0.3, -0.25) is 4.79 Å². The zero-order chi connectivity index (χ0) is 14.5. The van der Waals surface area contributed by atoms with Crippen LogP contribution in [0.4, 0.5) is 0 Å². The van der Waals surface area contributed by atoms with E-state index in [1.807, 2.05) is 13.8 Å². The summed E-state index contributed by atoms with van der Waals surface area (Å²) in [5, 5.41) is 3.26. The van der Waals surface area contributed by atoms with Crippen molar-refractivity contribution in [2.75, 3.05) is 33.3 Å². The zero-order valence-corrected chi connectivity index (χ0v) is 13.2. The molecule has 0 aromatic heterocycles. The largest absolute Gasteiger partial charge is 0.468 e. The van der Waals surface area contributed by atoms with Gasteiger partial charge in [0.25, 0.3) is 0 Å². The molecule has 0 radical (unpaired) electrons. The number of esters is 1. The van der Waals surface area contributed by atoms with Gasteiger partial charge in [-0.25, -0.2) is 0 Å². The fourth-order valence-electron chi connectivity index (χ4n) is 2.64. The van der Waals surface area contributed by atoms with Crippen LogP contribution in [0, 0.1) is 5.41 Å². The minimum absolute atomic E-state index is 0.160. The Morgan fingerprint density at radius 1 is 1.37 bits per heavy atom. The second-order valence-corrected chi connectivity index (χ2v) is 6.61. The van der Waals surface area contributed by atoms with Gasteiger partial charge in [-0.15, -0.1) is 0 Å².